The molecule has 1 aliphatic rings. The molecule has 236 valence electrons. The van der Waals surface area contributed by atoms with Gasteiger partial charge in [-0.1, -0.05) is 36.4 Å². The molecule has 0 fully saturated rings. The Morgan fingerprint density at radius 2 is 1.85 bits per heavy atom. The maximum Gasteiger partial charge on any atom is 0.317 e. The van der Waals surface area contributed by atoms with Crippen LogP contribution in [0.25, 0.3) is 22.0 Å². The number of anilines is 2. The molecule has 2 aromatic heterocycles. The van der Waals surface area contributed by atoms with Crippen LogP contribution in [-0.4, -0.2) is 53.2 Å². The number of rotatable bonds is 11. The topological polar surface area (TPSA) is 109 Å². The van der Waals surface area contributed by atoms with Gasteiger partial charge in [0.1, 0.15) is 23.6 Å². The van der Waals surface area contributed by atoms with E-state index in [2.05, 4.69) is 71.9 Å². The highest BCUT2D eigenvalue weighted by Crippen LogP contribution is 2.38. The normalized spacial score (nSPS) is 14.2. The fourth-order valence-electron chi connectivity index (χ4n) is 6.20. The van der Waals surface area contributed by atoms with Gasteiger partial charge in [-0.3, -0.25) is 14.7 Å². The van der Waals surface area contributed by atoms with Crippen molar-refractivity contribution in [3.8, 4) is 22.6 Å². The molecule has 5 aromatic rings. The number of fused-ring (bicyclic) bond motifs is 2. The van der Waals surface area contributed by atoms with E-state index < -0.39 is 5.97 Å². The van der Waals surface area contributed by atoms with Gasteiger partial charge < -0.3 is 25.2 Å². The van der Waals surface area contributed by atoms with Crippen LogP contribution in [0.1, 0.15) is 40.3 Å². The number of nitrogens with zero attached hydrogens (tertiary/aromatic N) is 3. The predicted octanol–water partition coefficient (Wildman–Crippen LogP) is 6.80. The number of ether oxygens (including phenoxy) is 2. The second kappa shape index (κ2) is 13.6. The number of carbonyl (C=O) groups is 1. The molecule has 0 saturated heterocycles. The minimum Gasteiger partial charge on any atom is -0.493 e. The van der Waals surface area contributed by atoms with Gasteiger partial charge in [0, 0.05) is 54.1 Å². The van der Waals surface area contributed by atoms with E-state index in [-0.39, 0.29) is 12.6 Å². The lowest BCUT2D eigenvalue weighted by Gasteiger charge is -2.32. The molecule has 3 heterocycles. The highest BCUT2D eigenvalue weighted by Gasteiger charge is 2.26. The van der Waals surface area contributed by atoms with Crippen molar-refractivity contribution in [3.05, 3.63) is 107 Å². The van der Waals surface area contributed by atoms with Gasteiger partial charge in [0.25, 0.3) is 0 Å². The Morgan fingerprint density at radius 3 is 2.65 bits per heavy atom. The Hall–Kier alpha value is -4.99. The van der Waals surface area contributed by atoms with Crippen molar-refractivity contribution in [1.29, 1.82) is 0 Å². The monoisotopic (exact) mass is 617 g/mol. The van der Waals surface area contributed by atoms with Gasteiger partial charge in [-0.05, 0) is 85.6 Å². The first-order valence-electron chi connectivity index (χ1n) is 15.5. The summed E-state index contributed by atoms with van der Waals surface area (Å²) in [5, 5.41) is 17.0. The fraction of sp³-hybridized carbons (Fsp3) is 0.270. The zero-order valence-corrected chi connectivity index (χ0v) is 26.6. The maximum atomic E-state index is 11.3. The SMILES string of the molecule is CNCc1cnc2c(Nc3cccc(-c4cccc(COc5ccc6c(c5)OCCC6N(C)CC(=O)O)c4C)c3C)nccc2c1. The molecule has 3 aromatic carbocycles. The van der Waals surface area contributed by atoms with Gasteiger partial charge in [0.2, 0.25) is 0 Å². The van der Waals surface area contributed by atoms with Crippen molar-refractivity contribution in [1.82, 2.24) is 20.2 Å². The van der Waals surface area contributed by atoms with E-state index in [4.69, 9.17) is 14.5 Å². The van der Waals surface area contributed by atoms with E-state index >= 15 is 0 Å². The minimum atomic E-state index is -0.843. The Balaban J connectivity index is 1.21. The average molecular weight is 618 g/mol. The Morgan fingerprint density at radius 1 is 1.04 bits per heavy atom. The lowest BCUT2D eigenvalue weighted by atomic mass is 9.93. The Labute approximate surface area is 269 Å². The smallest absolute Gasteiger partial charge is 0.317 e. The molecule has 3 N–H and O–H groups in total. The maximum absolute atomic E-state index is 11.3. The summed E-state index contributed by atoms with van der Waals surface area (Å²) in [6.07, 6.45) is 4.44. The van der Waals surface area contributed by atoms with Crippen molar-refractivity contribution in [3.63, 3.8) is 0 Å². The summed E-state index contributed by atoms with van der Waals surface area (Å²) < 4.78 is 12.2. The second-order valence-corrected chi connectivity index (χ2v) is 11.7. The quantitative estimate of drug-likeness (QED) is 0.148. The highest BCUT2D eigenvalue weighted by molar-refractivity contribution is 5.91. The molecule has 9 heteroatoms. The Kier molecular flexibility index (Phi) is 9.14. The summed E-state index contributed by atoms with van der Waals surface area (Å²) in [6.45, 7) is 5.92. The van der Waals surface area contributed by atoms with Crippen molar-refractivity contribution >= 4 is 28.4 Å². The number of nitrogens with one attached hydrogen (secondary N) is 2. The number of carboxylic acids is 1. The van der Waals surface area contributed by atoms with Gasteiger partial charge in [-0.2, -0.15) is 0 Å². The van der Waals surface area contributed by atoms with Crippen LogP contribution in [0.5, 0.6) is 11.5 Å². The van der Waals surface area contributed by atoms with Crippen LogP contribution in [0, 0.1) is 13.8 Å². The third-order valence-corrected chi connectivity index (χ3v) is 8.66. The molecule has 1 aliphatic heterocycles. The standard InChI is InChI=1S/C37H39N5O4/c1-23-27(22-46-28-11-12-31-33(42(4)21-35(43)44)14-16-45-34(31)18-28)7-5-8-29(23)30-9-6-10-32(24(30)2)41-37-36-26(13-15-39-37)17-25(19-38-3)20-40-36/h5-13,15,17-18,20,33,38H,14,16,19,21-22H2,1-4H3,(H,39,41)(H,43,44). The van der Waals surface area contributed by atoms with Crippen LogP contribution in [0.2, 0.25) is 0 Å². The molecule has 1 unspecified atom stereocenters. The van der Waals surface area contributed by atoms with E-state index in [1.165, 1.54) is 0 Å². The van der Waals surface area contributed by atoms with Crippen LogP contribution < -0.4 is 20.1 Å². The van der Waals surface area contributed by atoms with E-state index in [1.54, 1.807) is 0 Å². The van der Waals surface area contributed by atoms with Crippen LogP contribution in [0.4, 0.5) is 11.5 Å². The number of carboxylic acid groups (broad SMARTS) is 1. The molecule has 9 nitrogen and oxygen atoms in total. The van der Waals surface area contributed by atoms with Crippen molar-refractivity contribution in [2.45, 2.75) is 39.5 Å². The molecular formula is C37H39N5O4. The zero-order valence-electron chi connectivity index (χ0n) is 26.6. The van der Waals surface area contributed by atoms with Gasteiger partial charge in [0.05, 0.1) is 13.2 Å². The van der Waals surface area contributed by atoms with Crippen LogP contribution in [0.3, 0.4) is 0 Å². The van der Waals surface area contributed by atoms with E-state index in [9.17, 15) is 9.90 Å². The van der Waals surface area contributed by atoms with Crippen molar-refractivity contribution in [2.75, 3.05) is 32.6 Å². The lowest BCUT2D eigenvalue weighted by molar-refractivity contribution is -0.138. The number of aliphatic carboxylic acids is 1. The van der Waals surface area contributed by atoms with Gasteiger partial charge in [-0.15, -0.1) is 0 Å². The lowest BCUT2D eigenvalue weighted by Crippen LogP contribution is -2.33. The molecule has 0 amide bonds. The summed E-state index contributed by atoms with van der Waals surface area (Å²) >= 11 is 0. The summed E-state index contributed by atoms with van der Waals surface area (Å²) in [5.41, 5.74) is 9.53. The number of hydrogen-bond donors (Lipinski definition) is 3. The van der Waals surface area contributed by atoms with Gasteiger partial charge in [0.15, 0.2) is 5.82 Å². The number of pyridine rings is 2. The van der Waals surface area contributed by atoms with E-state index in [1.807, 2.05) is 55.7 Å². The summed E-state index contributed by atoms with van der Waals surface area (Å²) in [7, 11) is 3.76. The number of benzene rings is 3. The largest absolute Gasteiger partial charge is 0.493 e. The fourth-order valence-corrected chi connectivity index (χ4v) is 6.20. The third kappa shape index (κ3) is 6.51. The molecule has 0 bridgehead atoms. The number of hydrogen-bond acceptors (Lipinski definition) is 8. The van der Waals surface area contributed by atoms with E-state index in [0.717, 1.165) is 80.1 Å². The van der Waals surface area contributed by atoms with Crippen LogP contribution in [0.15, 0.2) is 79.1 Å². The summed E-state index contributed by atoms with van der Waals surface area (Å²) in [6, 6.07) is 22.5. The molecule has 0 aliphatic carbocycles. The zero-order chi connectivity index (χ0) is 32.2. The first-order valence-corrected chi connectivity index (χ1v) is 15.5. The first kappa shape index (κ1) is 31.0. The summed E-state index contributed by atoms with van der Waals surface area (Å²) in [5.74, 6) is 1.33. The minimum absolute atomic E-state index is 0.00909. The van der Waals surface area contributed by atoms with Crippen LogP contribution >= 0.6 is 0 Å². The molecule has 0 saturated carbocycles. The number of aromatic nitrogens is 2. The van der Waals surface area contributed by atoms with Crippen molar-refractivity contribution in [2.24, 2.45) is 0 Å². The molecular weight excluding hydrogens is 578 g/mol. The third-order valence-electron chi connectivity index (χ3n) is 8.66. The molecule has 0 spiro atoms. The van der Waals surface area contributed by atoms with E-state index in [0.29, 0.717) is 19.0 Å². The molecule has 0 radical (unpaired) electrons. The molecule has 1 atom stereocenters. The second-order valence-electron chi connectivity index (χ2n) is 11.7. The molecule has 6 rings (SSSR count). The van der Waals surface area contributed by atoms with Crippen LogP contribution in [-0.2, 0) is 17.9 Å². The Bertz CT molecular complexity index is 1890. The first-order chi connectivity index (χ1) is 22.3. The molecule has 46 heavy (non-hydrogen) atoms. The number of likely N-dealkylation sites (N-methyl/N-ethyl adjacent to an activating group) is 1. The van der Waals surface area contributed by atoms with Crippen molar-refractivity contribution < 1.29 is 19.4 Å². The summed E-state index contributed by atoms with van der Waals surface area (Å²) in [4.78, 5) is 22.4. The highest BCUT2D eigenvalue weighted by atomic mass is 16.5. The van der Waals surface area contributed by atoms with Gasteiger partial charge >= 0.3 is 5.97 Å². The predicted molar refractivity (Wildman–Crippen MR) is 181 cm³/mol. The average Bonchev–Trinajstić information content (AvgIpc) is 3.05. The van der Waals surface area contributed by atoms with Gasteiger partial charge in [-0.25, -0.2) is 4.98 Å².